The fourth-order valence-electron chi connectivity index (χ4n) is 1.74. The first-order valence-electron chi connectivity index (χ1n) is 6.51. The fraction of sp³-hybridized carbons (Fsp3) is 0.286. The van der Waals surface area contributed by atoms with Crippen LogP contribution in [0.25, 0.3) is 0 Å². The lowest BCUT2D eigenvalue weighted by molar-refractivity contribution is 0.600. The molecule has 1 aromatic carbocycles. The third-order valence-electron chi connectivity index (χ3n) is 2.82. The first kappa shape index (κ1) is 15.9. The van der Waals surface area contributed by atoms with Crippen LogP contribution in [-0.4, -0.2) is 15.0 Å². The average Bonchev–Trinajstić information content (AvgIpc) is 2.89. The van der Waals surface area contributed by atoms with Gasteiger partial charge in [0.25, 0.3) is 10.0 Å². The maximum Gasteiger partial charge on any atom is 0.271 e. The number of anilines is 1. The predicted molar refractivity (Wildman–Crippen MR) is 83.6 cm³/mol. The number of rotatable bonds is 6. The molecule has 2 rings (SSSR count). The summed E-state index contributed by atoms with van der Waals surface area (Å²) in [4.78, 5) is 0.918. The lowest BCUT2D eigenvalue weighted by Crippen LogP contribution is -2.13. The van der Waals surface area contributed by atoms with Crippen molar-refractivity contribution in [3.63, 3.8) is 0 Å². The van der Waals surface area contributed by atoms with Crippen LogP contribution in [-0.2, 0) is 16.6 Å². The molecule has 7 heteroatoms. The average molecular weight is 328 g/mol. The molecule has 0 aliphatic heterocycles. The minimum atomic E-state index is -3.75. The van der Waals surface area contributed by atoms with E-state index in [9.17, 15) is 12.8 Å². The van der Waals surface area contributed by atoms with Gasteiger partial charge in [0.15, 0.2) is 0 Å². The van der Waals surface area contributed by atoms with E-state index in [1.807, 2.05) is 6.92 Å². The normalized spacial score (nSPS) is 11.6. The summed E-state index contributed by atoms with van der Waals surface area (Å²) in [5.74, 6) is -0.581. The molecule has 2 N–H and O–H groups in total. The topological polar surface area (TPSA) is 58.2 Å². The van der Waals surface area contributed by atoms with Crippen molar-refractivity contribution in [2.24, 2.45) is 0 Å². The maximum absolute atomic E-state index is 13.7. The molecule has 0 spiro atoms. The van der Waals surface area contributed by atoms with E-state index in [1.165, 1.54) is 29.5 Å². The van der Waals surface area contributed by atoms with E-state index in [-0.39, 0.29) is 9.90 Å². The first-order chi connectivity index (χ1) is 9.92. The zero-order valence-corrected chi connectivity index (χ0v) is 13.4. The number of aryl methyl sites for hydroxylation is 1. The molecule has 0 bridgehead atoms. The van der Waals surface area contributed by atoms with Crippen LogP contribution in [0, 0.1) is 12.7 Å². The molecule has 0 aliphatic carbocycles. The SMILES string of the molecule is CCNCc1ccc(S(=O)(=O)Nc2ccc(C)cc2F)s1. The van der Waals surface area contributed by atoms with Crippen LogP contribution in [0.3, 0.4) is 0 Å². The van der Waals surface area contributed by atoms with Crippen molar-refractivity contribution in [3.8, 4) is 0 Å². The molecule has 0 atom stereocenters. The minimum Gasteiger partial charge on any atom is -0.312 e. The molecule has 0 saturated carbocycles. The number of thiophene rings is 1. The van der Waals surface area contributed by atoms with Crippen molar-refractivity contribution < 1.29 is 12.8 Å². The Kier molecular flexibility index (Phi) is 4.97. The zero-order valence-electron chi connectivity index (χ0n) is 11.8. The molecule has 114 valence electrons. The van der Waals surface area contributed by atoms with Crippen molar-refractivity contribution in [1.82, 2.24) is 5.32 Å². The van der Waals surface area contributed by atoms with Gasteiger partial charge in [0, 0.05) is 11.4 Å². The Bertz CT molecular complexity index is 726. The Hall–Kier alpha value is -1.44. The number of halogens is 1. The third kappa shape index (κ3) is 4.03. The second kappa shape index (κ2) is 6.55. The van der Waals surface area contributed by atoms with Crippen LogP contribution >= 0.6 is 11.3 Å². The summed E-state index contributed by atoms with van der Waals surface area (Å²) >= 11 is 1.17. The summed E-state index contributed by atoms with van der Waals surface area (Å²) in [5, 5.41) is 3.13. The van der Waals surface area contributed by atoms with Crippen molar-refractivity contribution in [3.05, 3.63) is 46.6 Å². The molecule has 21 heavy (non-hydrogen) atoms. The molecular formula is C14H17FN2O2S2. The van der Waals surface area contributed by atoms with Gasteiger partial charge in [-0.3, -0.25) is 4.72 Å². The Morgan fingerprint density at radius 3 is 2.67 bits per heavy atom. The van der Waals surface area contributed by atoms with Gasteiger partial charge < -0.3 is 5.32 Å². The number of benzene rings is 1. The Morgan fingerprint density at radius 2 is 2.00 bits per heavy atom. The van der Waals surface area contributed by atoms with Crippen LogP contribution in [0.4, 0.5) is 10.1 Å². The monoisotopic (exact) mass is 328 g/mol. The lowest BCUT2D eigenvalue weighted by atomic mass is 10.2. The van der Waals surface area contributed by atoms with E-state index in [0.29, 0.717) is 6.54 Å². The number of hydrogen-bond acceptors (Lipinski definition) is 4. The van der Waals surface area contributed by atoms with Gasteiger partial charge in [0.1, 0.15) is 10.0 Å². The molecule has 0 radical (unpaired) electrons. The molecule has 1 aromatic heterocycles. The van der Waals surface area contributed by atoms with Crippen molar-refractivity contribution >= 4 is 27.0 Å². The second-order valence-corrected chi connectivity index (χ2v) is 7.67. The van der Waals surface area contributed by atoms with E-state index in [0.717, 1.165) is 17.0 Å². The molecule has 0 fully saturated rings. The molecule has 4 nitrogen and oxygen atoms in total. The fourth-order valence-corrected chi connectivity index (χ4v) is 4.14. The molecule has 0 aliphatic rings. The quantitative estimate of drug-likeness (QED) is 0.856. The van der Waals surface area contributed by atoms with Crippen LogP contribution in [0.1, 0.15) is 17.4 Å². The molecular weight excluding hydrogens is 311 g/mol. The predicted octanol–water partition coefficient (Wildman–Crippen LogP) is 3.11. The largest absolute Gasteiger partial charge is 0.312 e. The van der Waals surface area contributed by atoms with E-state index >= 15 is 0 Å². The molecule has 1 heterocycles. The van der Waals surface area contributed by atoms with Crippen molar-refractivity contribution in [2.45, 2.75) is 24.6 Å². The Morgan fingerprint density at radius 1 is 1.24 bits per heavy atom. The van der Waals surface area contributed by atoms with E-state index in [4.69, 9.17) is 0 Å². The Labute approximate surface area is 128 Å². The standard InChI is InChI=1S/C14H17FN2O2S2/c1-3-16-9-11-5-7-14(20-11)21(18,19)17-13-6-4-10(2)8-12(13)15/h4-8,16-17H,3,9H2,1-2H3. The van der Waals surface area contributed by atoms with Gasteiger partial charge in [-0.25, -0.2) is 12.8 Å². The molecule has 0 unspecified atom stereocenters. The second-order valence-electron chi connectivity index (χ2n) is 4.59. The van der Waals surface area contributed by atoms with Gasteiger partial charge in [-0.15, -0.1) is 11.3 Å². The highest BCUT2D eigenvalue weighted by Crippen LogP contribution is 2.25. The van der Waals surface area contributed by atoms with Crippen molar-refractivity contribution in [1.29, 1.82) is 0 Å². The zero-order chi connectivity index (χ0) is 15.5. The first-order valence-corrected chi connectivity index (χ1v) is 8.80. The Balaban J connectivity index is 2.19. The van der Waals surface area contributed by atoms with Crippen molar-refractivity contribution in [2.75, 3.05) is 11.3 Å². The summed E-state index contributed by atoms with van der Waals surface area (Å²) in [7, 11) is -3.75. The van der Waals surface area contributed by atoms with Crippen LogP contribution in [0.5, 0.6) is 0 Å². The lowest BCUT2D eigenvalue weighted by Gasteiger charge is -2.07. The summed E-state index contributed by atoms with van der Waals surface area (Å²) in [6.07, 6.45) is 0. The van der Waals surface area contributed by atoms with Crippen LogP contribution in [0.15, 0.2) is 34.5 Å². The minimum absolute atomic E-state index is 0.0396. The third-order valence-corrected chi connectivity index (χ3v) is 5.76. The number of nitrogens with one attached hydrogen (secondary N) is 2. The highest BCUT2D eigenvalue weighted by Gasteiger charge is 2.18. The van der Waals surface area contributed by atoms with Gasteiger partial charge in [-0.05, 0) is 43.3 Å². The summed E-state index contributed by atoms with van der Waals surface area (Å²) in [5.41, 5.74) is 0.696. The van der Waals surface area contributed by atoms with Gasteiger partial charge in [0.05, 0.1) is 5.69 Å². The van der Waals surface area contributed by atoms with Gasteiger partial charge >= 0.3 is 0 Å². The highest BCUT2D eigenvalue weighted by molar-refractivity contribution is 7.94. The van der Waals surface area contributed by atoms with Crippen LogP contribution in [0.2, 0.25) is 0 Å². The molecule has 0 amide bonds. The van der Waals surface area contributed by atoms with Crippen LogP contribution < -0.4 is 10.0 Å². The summed E-state index contributed by atoms with van der Waals surface area (Å²) in [6, 6.07) is 7.67. The molecule has 2 aromatic rings. The number of hydrogen-bond donors (Lipinski definition) is 2. The van der Waals surface area contributed by atoms with E-state index in [1.54, 1.807) is 19.1 Å². The van der Waals surface area contributed by atoms with Gasteiger partial charge in [-0.2, -0.15) is 0 Å². The summed E-state index contributed by atoms with van der Waals surface area (Å²) in [6.45, 7) is 5.16. The maximum atomic E-state index is 13.7. The smallest absolute Gasteiger partial charge is 0.271 e. The highest BCUT2D eigenvalue weighted by atomic mass is 32.2. The summed E-state index contributed by atoms with van der Waals surface area (Å²) < 4.78 is 40.7. The van der Waals surface area contributed by atoms with Gasteiger partial charge in [-0.1, -0.05) is 13.0 Å². The number of sulfonamides is 1. The van der Waals surface area contributed by atoms with Gasteiger partial charge in [0.2, 0.25) is 0 Å². The van der Waals surface area contributed by atoms with E-state index in [2.05, 4.69) is 10.0 Å². The van der Waals surface area contributed by atoms with E-state index < -0.39 is 15.8 Å². The molecule has 0 saturated heterocycles.